The molecule has 2 aromatic rings. The van der Waals surface area contributed by atoms with Gasteiger partial charge in [-0.1, -0.05) is 6.42 Å². The molecule has 0 aliphatic heterocycles. The van der Waals surface area contributed by atoms with Gasteiger partial charge in [-0.15, -0.1) is 0 Å². The highest BCUT2D eigenvalue weighted by Gasteiger charge is 2.31. The number of hydrogen-bond donors (Lipinski definition) is 2. The van der Waals surface area contributed by atoms with E-state index in [1.54, 1.807) is 6.07 Å². The molecule has 0 bridgehead atoms. The summed E-state index contributed by atoms with van der Waals surface area (Å²) in [6.45, 7) is 0. The molecular formula is C16H16N4O. The molecule has 0 unspecified atom stereocenters. The van der Waals surface area contributed by atoms with Crippen molar-refractivity contribution in [1.82, 2.24) is 4.98 Å². The smallest absolute Gasteiger partial charge is 0.222 e. The van der Waals surface area contributed by atoms with Crippen LogP contribution in [0.3, 0.4) is 0 Å². The second-order valence-corrected chi connectivity index (χ2v) is 5.41. The first-order valence-corrected chi connectivity index (χ1v) is 7.04. The first-order chi connectivity index (χ1) is 10.2. The molecule has 1 amide bonds. The number of primary amides is 1. The minimum absolute atomic E-state index is 0.0610. The number of amides is 1. The van der Waals surface area contributed by atoms with Crippen molar-refractivity contribution in [2.45, 2.75) is 25.3 Å². The van der Waals surface area contributed by atoms with E-state index in [9.17, 15) is 4.79 Å². The van der Waals surface area contributed by atoms with Gasteiger partial charge in [-0.3, -0.25) is 4.79 Å². The molecule has 1 saturated carbocycles. The molecule has 3 N–H and O–H groups in total. The summed E-state index contributed by atoms with van der Waals surface area (Å²) in [5.74, 6) is 0.373. The van der Waals surface area contributed by atoms with Crippen molar-refractivity contribution < 1.29 is 4.79 Å². The second kappa shape index (κ2) is 5.41. The molecule has 1 fully saturated rings. The fourth-order valence-corrected chi connectivity index (χ4v) is 2.94. The Bertz CT molecular complexity index is 735. The number of pyridine rings is 1. The van der Waals surface area contributed by atoms with E-state index >= 15 is 0 Å². The van der Waals surface area contributed by atoms with E-state index < -0.39 is 0 Å². The summed E-state index contributed by atoms with van der Waals surface area (Å²) in [7, 11) is 0. The lowest BCUT2D eigenvalue weighted by atomic mass is 10.0. The van der Waals surface area contributed by atoms with Crippen molar-refractivity contribution in [2.24, 2.45) is 11.7 Å². The van der Waals surface area contributed by atoms with Crippen molar-refractivity contribution in [1.29, 1.82) is 5.26 Å². The first-order valence-electron chi connectivity index (χ1n) is 7.04. The number of fused-ring (bicyclic) bond motifs is 1. The summed E-state index contributed by atoms with van der Waals surface area (Å²) in [5, 5.41) is 13.1. The SMILES string of the molecule is N#Cc1ccc2nc(N[C@H]3CCC[C@H]3C(N)=O)ccc2c1. The topological polar surface area (TPSA) is 91.8 Å². The van der Waals surface area contributed by atoms with E-state index in [0.717, 1.165) is 36.0 Å². The summed E-state index contributed by atoms with van der Waals surface area (Å²) in [6.07, 6.45) is 2.77. The maximum atomic E-state index is 11.4. The van der Waals surface area contributed by atoms with Crippen molar-refractivity contribution >= 4 is 22.6 Å². The average molecular weight is 280 g/mol. The van der Waals surface area contributed by atoms with Gasteiger partial charge in [-0.2, -0.15) is 5.26 Å². The number of anilines is 1. The number of nitrogens with two attached hydrogens (primary N) is 1. The van der Waals surface area contributed by atoms with Crippen LogP contribution in [-0.2, 0) is 4.79 Å². The zero-order valence-electron chi connectivity index (χ0n) is 11.5. The number of rotatable bonds is 3. The lowest BCUT2D eigenvalue weighted by molar-refractivity contribution is -0.121. The summed E-state index contributed by atoms with van der Waals surface area (Å²) in [4.78, 5) is 16.0. The standard InChI is InChI=1S/C16H16N4O/c17-9-10-4-6-13-11(8-10)5-7-15(19-13)20-14-3-1-2-12(14)16(18)21/h4-8,12,14H,1-3H2,(H2,18,21)(H,19,20)/t12-,14+/m1/s1. The zero-order valence-corrected chi connectivity index (χ0v) is 11.5. The monoisotopic (exact) mass is 280 g/mol. The number of nitrogens with zero attached hydrogens (tertiary/aromatic N) is 2. The molecular weight excluding hydrogens is 264 g/mol. The van der Waals surface area contributed by atoms with Gasteiger partial charge in [0.15, 0.2) is 0 Å². The maximum absolute atomic E-state index is 11.4. The van der Waals surface area contributed by atoms with Gasteiger partial charge in [0.05, 0.1) is 23.1 Å². The molecule has 106 valence electrons. The fourth-order valence-electron chi connectivity index (χ4n) is 2.94. The van der Waals surface area contributed by atoms with Crippen LogP contribution in [0.1, 0.15) is 24.8 Å². The van der Waals surface area contributed by atoms with E-state index in [1.165, 1.54) is 0 Å². The Labute approximate surface area is 122 Å². The first kappa shape index (κ1) is 13.4. The number of benzene rings is 1. The number of nitriles is 1. The van der Waals surface area contributed by atoms with Gasteiger partial charge >= 0.3 is 0 Å². The minimum atomic E-state index is -0.246. The summed E-state index contributed by atoms with van der Waals surface area (Å²) in [6, 6.07) is 11.4. The molecule has 1 aliphatic carbocycles. The third-order valence-corrected chi connectivity index (χ3v) is 4.03. The molecule has 5 heteroatoms. The fraction of sp³-hybridized carbons (Fsp3) is 0.312. The Morgan fingerprint density at radius 2 is 2.19 bits per heavy atom. The van der Waals surface area contributed by atoms with Gasteiger partial charge in [0.2, 0.25) is 5.91 Å². The Morgan fingerprint density at radius 1 is 1.33 bits per heavy atom. The predicted molar refractivity (Wildman–Crippen MR) is 80.4 cm³/mol. The highest BCUT2D eigenvalue weighted by molar-refractivity contribution is 5.82. The summed E-state index contributed by atoms with van der Waals surface area (Å²) in [5.41, 5.74) is 6.88. The molecule has 0 radical (unpaired) electrons. The third kappa shape index (κ3) is 2.65. The lowest BCUT2D eigenvalue weighted by Gasteiger charge is -2.19. The molecule has 1 aromatic heterocycles. The van der Waals surface area contributed by atoms with Gasteiger partial charge in [0.1, 0.15) is 5.82 Å². The van der Waals surface area contributed by atoms with Crippen molar-refractivity contribution in [3.8, 4) is 6.07 Å². The van der Waals surface area contributed by atoms with Crippen LogP contribution in [-0.4, -0.2) is 16.9 Å². The molecule has 2 atom stereocenters. The Hall–Kier alpha value is -2.61. The largest absolute Gasteiger partial charge is 0.369 e. The van der Waals surface area contributed by atoms with Gasteiger partial charge < -0.3 is 11.1 Å². The Kier molecular flexibility index (Phi) is 3.44. The zero-order chi connectivity index (χ0) is 14.8. The number of aromatic nitrogens is 1. The van der Waals surface area contributed by atoms with Crippen LogP contribution in [0, 0.1) is 17.2 Å². The number of carbonyl (C=O) groups is 1. The number of nitrogens with one attached hydrogen (secondary N) is 1. The van der Waals surface area contributed by atoms with Gasteiger partial charge in [-0.25, -0.2) is 4.98 Å². The lowest BCUT2D eigenvalue weighted by Crippen LogP contribution is -2.34. The minimum Gasteiger partial charge on any atom is -0.369 e. The average Bonchev–Trinajstić information content (AvgIpc) is 2.95. The summed E-state index contributed by atoms with van der Waals surface area (Å²) < 4.78 is 0. The van der Waals surface area contributed by atoms with Crippen molar-refractivity contribution in [2.75, 3.05) is 5.32 Å². The van der Waals surface area contributed by atoms with E-state index in [2.05, 4.69) is 16.4 Å². The number of carbonyl (C=O) groups excluding carboxylic acids is 1. The quantitative estimate of drug-likeness (QED) is 0.901. The van der Waals surface area contributed by atoms with Crippen LogP contribution >= 0.6 is 0 Å². The molecule has 0 saturated heterocycles. The van der Waals surface area contributed by atoms with E-state index in [-0.39, 0.29) is 17.9 Å². The highest BCUT2D eigenvalue weighted by atomic mass is 16.1. The van der Waals surface area contributed by atoms with Crippen LogP contribution < -0.4 is 11.1 Å². The molecule has 21 heavy (non-hydrogen) atoms. The van der Waals surface area contributed by atoms with E-state index in [4.69, 9.17) is 11.0 Å². The van der Waals surface area contributed by atoms with Crippen LogP contribution in [0.15, 0.2) is 30.3 Å². The van der Waals surface area contributed by atoms with Crippen molar-refractivity contribution in [3.05, 3.63) is 35.9 Å². The Morgan fingerprint density at radius 3 is 2.95 bits per heavy atom. The number of hydrogen-bond acceptors (Lipinski definition) is 4. The molecule has 1 aromatic carbocycles. The summed E-state index contributed by atoms with van der Waals surface area (Å²) >= 11 is 0. The van der Waals surface area contributed by atoms with Gasteiger partial charge in [0, 0.05) is 11.4 Å². The maximum Gasteiger partial charge on any atom is 0.222 e. The normalized spacial score (nSPS) is 21.1. The molecule has 1 heterocycles. The van der Waals surface area contributed by atoms with Crippen molar-refractivity contribution in [3.63, 3.8) is 0 Å². The van der Waals surface area contributed by atoms with E-state index in [1.807, 2.05) is 24.3 Å². The van der Waals surface area contributed by atoms with Crippen LogP contribution in [0.5, 0.6) is 0 Å². The van der Waals surface area contributed by atoms with Crippen LogP contribution in [0.4, 0.5) is 5.82 Å². The molecule has 5 nitrogen and oxygen atoms in total. The van der Waals surface area contributed by atoms with E-state index in [0.29, 0.717) is 5.56 Å². The highest BCUT2D eigenvalue weighted by Crippen LogP contribution is 2.28. The predicted octanol–water partition coefficient (Wildman–Crippen LogP) is 2.17. The molecule has 0 spiro atoms. The third-order valence-electron chi connectivity index (χ3n) is 4.03. The molecule has 1 aliphatic rings. The van der Waals surface area contributed by atoms with Gasteiger partial charge in [-0.05, 0) is 43.2 Å². The second-order valence-electron chi connectivity index (χ2n) is 5.41. The van der Waals surface area contributed by atoms with Gasteiger partial charge in [0.25, 0.3) is 0 Å². The van der Waals surface area contributed by atoms with Crippen LogP contribution in [0.2, 0.25) is 0 Å². The van der Waals surface area contributed by atoms with Crippen LogP contribution in [0.25, 0.3) is 10.9 Å². The molecule has 3 rings (SSSR count). The Balaban J connectivity index is 1.85.